The van der Waals surface area contributed by atoms with Gasteiger partial charge in [-0.3, -0.25) is 9.97 Å². The highest BCUT2D eigenvalue weighted by atomic mass is 32.1. The molecule has 4 aromatic rings. The van der Waals surface area contributed by atoms with Crippen molar-refractivity contribution in [3.8, 4) is 33.9 Å². The van der Waals surface area contributed by atoms with E-state index < -0.39 is 12.0 Å². The van der Waals surface area contributed by atoms with Crippen LogP contribution in [-0.4, -0.2) is 69.7 Å². The maximum absolute atomic E-state index is 12.3. The van der Waals surface area contributed by atoms with Crippen LogP contribution in [0.3, 0.4) is 0 Å². The molecule has 3 aromatic heterocycles. The number of methoxy groups -OCH3 is 2. The molecule has 0 aliphatic heterocycles. The normalized spacial score (nSPS) is 11.6. The standard InChI is InChI=1S/C26H29N7O4S/c1-14-22(15(2)38-32-14)17-12-29-26(33(3)4)31-24(17)30-18(25(34)35)10-16-11-28-19(13-27-16)23-20(36-5)8-7-9-21(23)37-6/h7-9,11-13,18H,10H2,1-6H3,(H,34,35)(H,29,30,31)/t18-/m0/s1. The summed E-state index contributed by atoms with van der Waals surface area (Å²) in [6.45, 7) is 3.87. The highest BCUT2D eigenvalue weighted by Gasteiger charge is 2.24. The number of aryl methyl sites for hydroxylation is 2. The fraction of sp³-hybridized carbons (Fsp3) is 0.308. The molecule has 3 heterocycles. The fourth-order valence-corrected chi connectivity index (χ4v) is 4.73. The van der Waals surface area contributed by atoms with Crippen molar-refractivity contribution in [2.24, 2.45) is 0 Å². The van der Waals surface area contributed by atoms with E-state index in [0.29, 0.717) is 45.8 Å². The van der Waals surface area contributed by atoms with Crippen molar-refractivity contribution in [1.82, 2.24) is 24.3 Å². The topological polar surface area (TPSA) is 135 Å². The molecule has 38 heavy (non-hydrogen) atoms. The second kappa shape index (κ2) is 11.4. The van der Waals surface area contributed by atoms with Gasteiger partial charge in [0, 0.05) is 48.9 Å². The number of carboxylic acids is 1. The number of anilines is 2. The number of carboxylic acid groups (broad SMARTS) is 1. The maximum Gasteiger partial charge on any atom is 0.326 e. The number of nitrogens with one attached hydrogen (secondary N) is 1. The summed E-state index contributed by atoms with van der Waals surface area (Å²) < 4.78 is 15.4. The van der Waals surface area contributed by atoms with E-state index in [1.165, 1.54) is 11.5 Å². The number of benzene rings is 1. The minimum Gasteiger partial charge on any atom is -0.496 e. The number of hydrogen-bond acceptors (Lipinski definition) is 11. The van der Waals surface area contributed by atoms with E-state index in [1.54, 1.807) is 37.7 Å². The Balaban J connectivity index is 1.65. The third-order valence-corrected chi connectivity index (χ3v) is 6.73. The largest absolute Gasteiger partial charge is 0.496 e. The molecule has 0 saturated carbocycles. The van der Waals surface area contributed by atoms with Crippen molar-refractivity contribution < 1.29 is 19.4 Å². The van der Waals surface area contributed by atoms with Crippen LogP contribution in [-0.2, 0) is 11.2 Å². The van der Waals surface area contributed by atoms with Crippen LogP contribution in [0.2, 0.25) is 0 Å². The van der Waals surface area contributed by atoms with Crippen LogP contribution in [0.5, 0.6) is 11.5 Å². The molecule has 12 heteroatoms. The van der Waals surface area contributed by atoms with E-state index in [1.807, 2.05) is 46.1 Å². The SMILES string of the molecule is COc1cccc(OC)c1-c1cnc(C[C@H](Nc2nc(N(C)C)ncc2-c2c(C)nsc2C)C(=O)O)cn1. The highest BCUT2D eigenvalue weighted by molar-refractivity contribution is 7.06. The molecule has 0 amide bonds. The summed E-state index contributed by atoms with van der Waals surface area (Å²) in [7, 11) is 6.79. The molecular weight excluding hydrogens is 506 g/mol. The van der Waals surface area contributed by atoms with Gasteiger partial charge in [-0.1, -0.05) is 6.07 Å². The Morgan fingerprint density at radius 3 is 2.29 bits per heavy atom. The smallest absolute Gasteiger partial charge is 0.326 e. The minimum atomic E-state index is -1.05. The number of aromatic nitrogens is 5. The van der Waals surface area contributed by atoms with Crippen molar-refractivity contribution >= 4 is 29.3 Å². The van der Waals surface area contributed by atoms with E-state index in [9.17, 15) is 9.90 Å². The molecule has 0 aliphatic rings. The van der Waals surface area contributed by atoms with Gasteiger partial charge in [0.05, 0.1) is 43.1 Å². The molecule has 0 fully saturated rings. The molecule has 2 N–H and O–H groups in total. The van der Waals surface area contributed by atoms with Gasteiger partial charge in [0.1, 0.15) is 23.4 Å². The first-order chi connectivity index (χ1) is 18.2. The summed E-state index contributed by atoms with van der Waals surface area (Å²) in [5.41, 5.74) is 4.12. The lowest BCUT2D eigenvalue weighted by atomic mass is 10.1. The molecule has 0 aliphatic carbocycles. The lowest BCUT2D eigenvalue weighted by Gasteiger charge is -2.19. The number of aliphatic carboxylic acids is 1. The molecule has 11 nitrogen and oxygen atoms in total. The van der Waals surface area contributed by atoms with Gasteiger partial charge >= 0.3 is 5.97 Å². The predicted octanol–water partition coefficient (Wildman–Crippen LogP) is 3.86. The number of nitrogens with zero attached hydrogens (tertiary/aromatic N) is 6. The van der Waals surface area contributed by atoms with Crippen LogP contribution < -0.4 is 19.7 Å². The number of hydrogen-bond donors (Lipinski definition) is 2. The molecular formula is C26H29N7O4S. The van der Waals surface area contributed by atoms with Crippen LogP contribution in [0.15, 0.2) is 36.8 Å². The number of rotatable bonds is 10. The molecule has 0 unspecified atom stereocenters. The van der Waals surface area contributed by atoms with Gasteiger partial charge in [-0.25, -0.2) is 9.78 Å². The Hall–Kier alpha value is -4.32. The third-order valence-electron chi connectivity index (χ3n) is 5.89. The summed E-state index contributed by atoms with van der Waals surface area (Å²) in [5.74, 6) is 1.01. The first kappa shape index (κ1) is 26.7. The zero-order valence-electron chi connectivity index (χ0n) is 22.0. The summed E-state index contributed by atoms with van der Waals surface area (Å²) in [6.07, 6.45) is 4.91. The molecule has 0 bridgehead atoms. The lowest BCUT2D eigenvalue weighted by molar-refractivity contribution is -0.137. The van der Waals surface area contributed by atoms with Gasteiger partial charge in [0.25, 0.3) is 0 Å². The van der Waals surface area contributed by atoms with Gasteiger partial charge in [-0.15, -0.1) is 0 Å². The molecule has 0 saturated heterocycles. The summed E-state index contributed by atoms with van der Waals surface area (Å²) >= 11 is 1.38. The van der Waals surface area contributed by atoms with Crippen molar-refractivity contribution in [2.75, 3.05) is 38.5 Å². The van der Waals surface area contributed by atoms with Crippen molar-refractivity contribution in [1.29, 1.82) is 0 Å². The van der Waals surface area contributed by atoms with Crippen LogP contribution >= 0.6 is 11.5 Å². The quantitative estimate of drug-likeness (QED) is 0.306. The van der Waals surface area contributed by atoms with Crippen molar-refractivity contribution in [2.45, 2.75) is 26.3 Å². The van der Waals surface area contributed by atoms with Gasteiger partial charge in [0.2, 0.25) is 5.95 Å². The lowest BCUT2D eigenvalue weighted by Crippen LogP contribution is -2.33. The second-order valence-corrected chi connectivity index (χ2v) is 9.67. The summed E-state index contributed by atoms with van der Waals surface area (Å²) in [5, 5.41) is 13.2. The van der Waals surface area contributed by atoms with Gasteiger partial charge in [0.15, 0.2) is 0 Å². The Bertz CT molecular complexity index is 1400. The van der Waals surface area contributed by atoms with E-state index >= 15 is 0 Å². The second-order valence-electron chi connectivity index (χ2n) is 8.70. The minimum absolute atomic E-state index is 0.0757. The zero-order chi connectivity index (χ0) is 27.4. The van der Waals surface area contributed by atoms with Crippen molar-refractivity contribution in [3.63, 3.8) is 0 Å². The Labute approximate surface area is 224 Å². The average molecular weight is 536 g/mol. The Morgan fingerprint density at radius 1 is 1.05 bits per heavy atom. The van der Waals surface area contributed by atoms with E-state index in [2.05, 4.69) is 29.6 Å². The molecule has 0 radical (unpaired) electrons. The Kier molecular flexibility index (Phi) is 8.01. The first-order valence-electron chi connectivity index (χ1n) is 11.7. The number of carbonyl (C=O) groups is 1. The monoisotopic (exact) mass is 535 g/mol. The first-order valence-corrected chi connectivity index (χ1v) is 12.5. The van der Waals surface area contributed by atoms with E-state index in [4.69, 9.17) is 9.47 Å². The Morgan fingerprint density at radius 2 is 1.76 bits per heavy atom. The number of ether oxygens (including phenoxy) is 2. The maximum atomic E-state index is 12.3. The van der Waals surface area contributed by atoms with E-state index in [0.717, 1.165) is 16.1 Å². The van der Waals surface area contributed by atoms with Gasteiger partial charge < -0.3 is 24.8 Å². The molecule has 198 valence electrons. The molecule has 4 rings (SSSR count). The molecule has 1 atom stereocenters. The summed E-state index contributed by atoms with van der Waals surface area (Å²) in [4.78, 5) is 33.1. The van der Waals surface area contributed by atoms with Crippen LogP contribution in [0, 0.1) is 13.8 Å². The highest BCUT2D eigenvalue weighted by Crippen LogP contribution is 2.37. The zero-order valence-corrected chi connectivity index (χ0v) is 22.8. The predicted molar refractivity (Wildman–Crippen MR) is 146 cm³/mol. The van der Waals surface area contributed by atoms with Crippen LogP contribution in [0.25, 0.3) is 22.4 Å². The fourth-order valence-electron chi connectivity index (χ4n) is 4.02. The molecule has 1 aromatic carbocycles. The third kappa shape index (κ3) is 5.49. The van der Waals surface area contributed by atoms with Gasteiger partial charge in [-0.05, 0) is 37.5 Å². The molecule has 0 spiro atoms. The summed E-state index contributed by atoms with van der Waals surface area (Å²) in [6, 6.07) is 4.42. The average Bonchev–Trinajstić information content (AvgIpc) is 3.25. The van der Waals surface area contributed by atoms with E-state index in [-0.39, 0.29) is 6.42 Å². The van der Waals surface area contributed by atoms with Crippen LogP contribution in [0.4, 0.5) is 11.8 Å². The van der Waals surface area contributed by atoms with Crippen LogP contribution in [0.1, 0.15) is 16.3 Å². The van der Waals surface area contributed by atoms with Gasteiger partial charge in [-0.2, -0.15) is 9.36 Å². The van der Waals surface area contributed by atoms with Crippen molar-refractivity contribution in [3.05, 3.63) is 53.1 Å².